The number of nitrogens with zero attached hydrogens (tertiary/aromatic N) is 2. The van der Waals surface area contributed by atoms with Crippen molar-refractivity contribution in [1.29, 1.82) is 0 Å². The highest BCUT2D eigenvalue weighted by atomic mass is 35.5. The second-order valence-corrected chi connectivity index (χ2v) is 4.47. The van der Waals surface area contributed by atoms with Crippen molar-refractivity contribution >= 4 is 40.6 Å². The van der Waals surface area contributed by atoms with Crippen LogP contribution in [0.5, 0.6) is 5.75 Å². The first-order chi connectivity index (χ1) is 9.56. The number of benzene rings is 1. The molecule has 0 radical (unpaired) electrons. The number of rotatable bonds is 4. The maximum Gasteiger partial charge on any atom is 0.263 e. The number of ether oxygens (including phenoxy) is 1. The Hall–Kier alpha value is -2.05. The van der Waals surface area contributed by atoms with Gasteiger partial charge in [-0.15, -0.1) is 0 Å². The summed E-state index contributed by atoms with van der Waals surface area (Å²) in [4.78, 5) is 19.2. The van der Waals surface area contributed by atoms with Crippen LogP contribution in [0.2, 0.25) is 10.2 Å². The van der Waals surface area contributed by atoms with Crippen LogP contribution in [0.3, 0.4) is 0 Å². The number of carbonyl (C=O) groups excluding carboxylic acids is 1. The minimum Gasteiger partial charge on any atom is -0.484 e. The van der Waals surface area contributed by atoms with E-state index in [4.69, 9.17) is 33.7 Å². The van der Waals surface area contributed by atoms with Gasteiger partial charge in [0.15, 0.2) is 17.6 Å². The lowest BCUT2D eigenvalue weighted by atomic mass is 10.3. The van der Waals surface area contributed by atoms with E-state index in [-0.39, 0.29) is 22.6 Å². The highest BCUT2D eigenvalue weighted by Crippen LogP contribution is 2.25. The molecule has 1 heterocycles. The highest BCUT2D eigenvalue weighted by Gasteiger charge is 2.11. The summed E-state index contributed by atoms with van der Waals surface area (Å²) in [7, 11) is 0. The fraction of sp³-hybridized carbons (Fsp3) is 0.0833. The van der Waals surface area contributed by atoms with Crippen LogP contribution in [-0.2, 0) is 4.79 Å². The minimum atomic E-state index is -0.427. The van der Waals surface area contributed by atoms with Crippen LogP contribution < -0.4 is 15.8 Å². The first kappa shape index (κ1) is 14.4. The predicted molar refractivity (Wildman–Crippen MR) is 77.0 cm³/mol. The number of hydrogen-bond acceptors (Lipinski definition) is 5. The van der Waals surface area contributed by atoms with Crippen molar-refractivity contribution in [2.24, 2.45) is 0 Å². The molecular formula is C12H10Cl2N4O2. The Labute approximate surface area is 124 Å². The molecule has 2 aromatic rings. The summed E-state index contributed by atoms with van der Waals surface area (Å²) in [5.41, 5.74) is 6.15. The van der Waals surface area contributed by atoms with Crippen LogP contribution in [0, 0.1) is 0 Å². The number of anilines is 2. The maximum atomic E-state index is 11.7. The predicted octanol–water partition coefficient (Wildman–Crippen LogP) is 2.38. The van der Waals surface area contributed by atoms with Gasteiger partial charge in [-0.1, -0.05) is 29.3 Å². The van der Waals surface area contributed by atoms with E-state index < -0.39 is 5.91 Å². The molecule has 0 aliphatic rings. The molecule has 0 unspecified atom stereocenters. The molecule has 1 amide bonds. The molecule has 0 atom stereocenters. The average molecular weight is 313 g/mol. The van der Waals surface area contributed by atoms with Crippen LogP contribution in [0.4, 0.5) is 11.5 Å². The molecule has 3 N–H and O–H groups in total. The molecule has 20 heavy (non-hydrogen) atoms. The Morgan fingerprint density at radius 2 is 2.15 bits per heavy atom. The van der Waals surface area contributed by atoms with E-state index in [1.807, 2.05) is 0 Å². The molecule has 6 nitrogen and oxygen atoms in total. The summed E-state index contributed by atoms with van der Waals surface area (Å²) in [5, 5.41) is 2.61. The molecule has 1 aromatic carbocycles. The quantitative estimate of drug-likeness (QED) is 0.668. The van der Waals surface area contributed by atoms with Gasteiger partial charge in [-0.2, -0.15) is 0 Å². The number of amides is 1. The van der Waals surface area contributed by atoms with Gasteiger partial charge in [0.1, 0.15) is 17.1 Å². The van der Waals surface area contributed by atoms with Gasteiger partial charge in [0, 0.05) is 11.8 Å². The molecule has 0 fully saturated rings. The topological polar surface area (TPSA) is 90.1 Å². The summed E-state index contributed by atoms with van der Waals surface area (Å²) >= 11 is 11.6. The third-order valence-corrected chi connectivity index (χ3v) is 2.97. The van der Waals surface area contributed by atoms with Gasteiger partial charge < -0.3 is 15.8 Å². The Kier molecular flexibility index (Phi) is 4.60. The Morgan fingerprint density at radius 1 is 1.35 bits per heavy atom. The third kappa shape index (κ3) is 3.72. The maximum absolute atomic E-state index is 11.7. The number of nitrogens with two attached hydrogens (primary N) is 1. The van der Waals surface area contributed by atoms with Crippen molar-refractivity contribution in [3.63, 3.8) is 0 Å². The van der Waals surface area contributed by atoms with Gasteiger partial charge in [-0.05, 0) is 12.1 Å². The van der Waals surface area contributed by atoms with Gasteiger partial charge in [0.25, 0.3) is 5.91 Å². The van der Waals surface area contributed by atoms with Crippen molar-refractivity contribution < 1.29 is 9.53 Å². The molecule has 0 saturated heterocycles. The number of nitrogens with one attached hydrogen (secondary N) is 1. The van der Waals surface area contributed by atoms with Crippen LogP contribution in [0.25, 0.3) is 0 Å². The zero-order valence-electron chi connectivity index (χ0n) is 10.1. The van der Waals surface area contributed by atoms with Gasteiger partial charge in [-0.3, -0.25) is 4.79 Å². The second-order valence-electron chi connectivity index (χ2n) is 3.74. The Balaban J connectivity index is 1.94. The lowest BCUT2D eigenvalue weighted by Gasteiger charge is -2.08. The normalized spacial score (nSPS) is 10.1. The van der Waals surface area contributed by atoms with Crippen molar-refractivity contribution in [3.05, 3.63) is 40.8 Å². The van der Waals surface area contributed by atoms with Gasteiger partial charge in [0.2, 0.25) is 0 Å². The summed E-state index contributed by atoms with van der Waals surface area (Å²) in [6, 6.07) is 6.75. The zero-order chi connectivity index (χ0) is 14.5. The number of aromatic nitrogens is 2. The van der Waals surface area contributed by atoms with E-state index in [0.29, 0.717) is 11.4 Å². The van der Waals surface area contributed by atoms with Gasteiger partial charge >= 0.3 is 0 Å². The number of nitrogen functional groups attached to an aromatic ring is 1. The zero-order valence-corrected chi connectivity index (χ0v) is 11.6. The fourth-order valence-corrected chi connectivity index (χ4v) is 1.63. The molecule has 2 rings (SSSR count). The van der Waals surface area contributed by atoms with E-state index in [1.165, 1.54) is 6.33 Å². The minimum absolute atomic E-state index is 0.0636. The summed E-state index contributed by atoms with van der Waals surface area (Å²) in [6.45, 7) is -0.207. The fourth-order valence-electron chi connectivity index (χ4n) is 1.36. The summed E-state index contributed by atoms with van der Waals surface area (Å²) < 4.78 is 5.28. The van der Waals surface area contributed by atoms with Crippen LogP contribution in [0.1, 0.15) is 0 Å². The SMILES string of the molecule is Nc1cccc(OCC(=O)Nc2ncnc(Cl)c2Cl)c1. The van der Waals surface area contributed by atoms with Crippen LogP contribution >= 0.6 is 23.2 Å². The second kappa shape index (κ2) is 6.40. The highest BCUT2D eigenvalue weighted by molar-refractivity contribution is 6.42. The molecule has 8 heteroatoms. The van der Waals surface area contributed by atoms with E-state index in [9.17, 15) is 4.79 Å². The lowest BCUT2D eigenvalue weighted by molar-refractivity contribution is -0.118. The number of carbonyl (C=O) groups is 1. The Morgan fingerprint density at radius 3 is 2.90 bits per heavy atom. The van der Waals surface area contributed by atoms with Crippen LogP contribution in [-0.4, -0.2) is 22.5 Å². The monoisotopic (exact) mass is 312 g/mol. The molecule has 104 valence electrons. The van der Waals surface area contributed by atoms with Gasteiger partial charge in [0.05, 0.1) is 0 Å². The van der Waals surface area contributed by atoms with Crippen molar-refractivity contribution in [1.82, 2.24) is 9.97 Å². The van der Waals surface area contributed by atoms with Crippen LogP contribution in [0.15, 0.2) is 30.6 Å². The summed E-state index contributed by atoms with van der Waals surface area (Å²) in [5.74, 6) is 0.198. The molecule has 0 aliphatic heterocycles. The van der Waals surface area contributed by atoms with Crippen molar-refractivity contribution in [2.75, 3.05) is 17.7 Å². The molecule has 1 aromatic heterocycles. The largest absolute Gasteiger partial charge is 0.484 e. The van der Waals surface area contributed by atoms with Gasteiger partial charge in [-0.25, -0.2) is 9.97 Å². The Bertz CT molecular complexity index is 637. The average Bonchev–Trinajstić information content (AvgIpc) is 2.42. The molecule has 0 spiro atoms. The van der Waals surface area contributed by atoms with E-state index in [0.717, 1.165) is 0 Å². The summed E-state index contributed by atoms with van der Waals surface area (Å²) in [6.07, 6.45) is 1.20. The standard InChI is InChI=1S/C12H10Cl2N4O2/c13-10-11(14)16-6-17-12(10)18-9(19)5-20-8-3-1-2-7(15)4-8/h1-4,6H,5,15H2,(H,16,17,18,19). The molecule has 0 aliphatic carbocycles. The molecule has 0 saturated carbocycles. The van der Waals surface area contributed by atoms with E-state index >= 15 is 0 Å². The smallest absolute Gasteiger partial charge is 0.263 e. The first-order valence-electron chi connectivity index (χ1n) is 5.50. The third-order valence-electron chi connectivity index (χ3n) is 2.23. The number of hydrogen-bond donors (Lipinski definition) is 2. The first-order valence-corrected chi connectivity index (χ1v) is 6.26. The molecular weight excluding hydrogens is 303 g/mol. The van der Waals surface area contributed by atoms with Crippen molar-refractivity contribution in [2.45, 2.75) is 0 Å². The lowest BCUT2D eigenvalue weighted by Crippen LogP contribution is -2.21. The van der Waals surface area contributed by atoms with Crippen molar-refractivity contribution in [3.8, 4) is 5.75 Å². The number of halogens is 2. The van der Waals surface area contributed by atoms with E-state index in [1.54, 1.807) is 24.3 Å². The molecule has 0 bridgehead atoms. The van der Waals surface area contributed by atoms with E-state index in [2.05, 4.69) is 15.3 Å².